The first-order valence-electron chi connectivity index (χ1n) is 4.94. The number of carbonyl (C=O) groups is 1. The lowest BCUT2D eigenvalue weighted by atomic mass is 10.3. The van der Waals surface area contributed by atoms with Gasteiger partial charge in [-0.15, -0.1) is 0 Å². The molecule has 0 bridgehead atoms. The summed E-state index contributed by atoms with van der Waals surface area (Å²) in [5.74, 6) is -6.61. The zero-order chi connectivity index (χ0) is 13.3. The first-order chi connectivity index (χ1) is 7.92. The van der Waals surface area contributed by atoms with Crippen LogP contribution in [0, 0.1) is 0 Å². The van der Waals surface area contributed by atoms with E-state index in [2.05, 4.69) is 4.74 Å². The van der Waals surface area contributed by atoms with E-state index in [1.54, 1.807) is 5.32 Å². The van der Waals surface area contributed by atoms with E-state index in [0.29, 0.717) is 13.2 Å². The molecule has 0 atom stereocenters. The standard InChI is InChI=1S/C9H15F4NO3/c1-16-5-6-17-4-2-3-14-8(15)9(12,13)7(10)11/h7H,2-6H2,1H3,(H,14,15). The van der Waals surface area contributed by atoms with E-state index in [-0.39, 0.29) is 19.6 Å². The summed E-state index contributed by atoms with van der Waals surface area (Å²) in [6.07, 6.45) is -3.74. The van der Waals surface area contributed by atoms with Crippen molar-refractivity contribution in [2.24, 2.45) is 0 Å². The number of halogens is 4. The molecule has 0 spiro atoms. The summed E-state index contributed by atoms with van der Waals surface area (Å²) in [7, 11) is 1.50. The number of ether oxygens (including phenoxy) is 2. The Hall–Kier alpha value is -0.890. The van der Waals surface area contributed by atoms with Gasteiger partial charge in [0.1, 0.15) is 0 Å². The smallest absolute Gasteiger partial charge is 0.382 e. The third-order valence-corrected chi connectivity index (χ3v) is 1.76. The van der Waals surface area contributed by atoms with Gasteiger partial charge in [0.2, 0.25) is 0 Å². The van der Waals surface area contributed by atoms with Crippen molar-refractivity contribution in [1.82, 2.24) is 5.32 Å². The Morgan fingerprint density at radius 1 is 1.29 bits per heavy atom. The van der Waals surface area contributed by atoms with Gasteiger partial charge in [0.05, 0.1) is 13.2 Å². The molecule has 0 saturated carbocycles. The maximum absolute atomic E-state index is 12.4. The van der Waals surface area contributed by atoms with E-state index in [0.717, 1.165) is 0 Å². The molecule has 102 valence electrons. The van der Waals surface area contributed by atoms with E-state index in [9.17, 15) is 22.4 Å². The highest BCUT2D eigenvalue weighted by Crippen LogP contribution is 2.22. The molecule has 0 saturated heterocycles. The molecule has 1 amide bonds. The molecule has 8 heteroatoms. The Morgan fingerprint density at radius 2 is 1.94 bits per heavy atom. The number of alkyl halides is 4. The summed E-state index contributed by atoms with van der Waals surface area (Å²) >= 11 is 0. The molecule has 0 aliphatic rings. The average molecular weight is 261 g/mol. The van der Waals surface area contributed by atoms with Gasteiger partial charge in [0, 0.05) is 20.3 Å². The number of nitrogens with one attached hydrogen (secondary N) is 1. The van der Waals surface area contributed by atoms with E-state index in [1.165, 1.54) is 7.11 Å². The van der Waals surface area contributed by atoms with E-state index >= 15 is 0 Å². The minimum atomic E-state index is -4.64. The van der Waals surface area contributed by atoms with Crippen LogP contribution in [0.4, 0.5) is 17.6 Å². The van der Waals surface area contributed by atoms with Crippen LogP contribution in [0.2, 0.25) is 0 Å². The van der Waals surface area contributed by atoms with Gasteiger partial charge >= 0.3 is 12.3 Å². The summed E-state index contributed by atoms with van der Waals surface area (Å²) < 4.78 is 57.9. The minimum Gasteiger partial charge on any atom is -0.382 e. The summed E-state index contributed by atoms with van der Waals surface area (Å²) in [6.45, 7) is 0.825. The van der Waals surface area contributed by atoms with Crippen LogP contribution in [-0.2, 0) is 14.3 Å². The molecule has 0 aromatic rings. The first kappa shape index (κ1) is 16.1. The van der Waals surface area contributed by atoms with Crippen molar-refractivity contribution in [3.8, 4) is 0 Å². The van der Waals surface area contributed by atoms with Gasteiger partial charge in [-0.25, -0.2) is 8.78 Å². The van der Waals surface area contributed by atoms with Crippen LogP contribution in [0.1, 0.15) is 6.42 Å². The van der Waals surface area contributed by atoms with Crippen LogP contribution < -0.4 is 5.32 Å². The van der Waals surface area contributed by atoms with Crippen molar-refractivity contribution in [3.05, 3.63) is 0 Å². The van der Waals surface area contributed by atoms with E-state index in [1.807, 2.05) is 0 Å². The molecule has 1 N–H and O–H groups in total. The van der Waals surface area contributed by atoms with E-state index < -0.39 is 18.3 Å². The Labute approximate surface area is 96.3 Å². The second kappa shape index (κ2) is 8.24. The third kappa shape index (κ3) is 6.42. The largest absolute Gasteiger partial charge is 0.383 e. The van der Waals surface area contributed by atoms with Gasteiger partial charge < -0.3 is 14.8 Å². The van der Waals surface area contributed by atoms with Crippen molar-refractivity contribution in [3.63, 3.8) is 0 Å². The number of hydrogen-bond acceptors (Lipinski definition) is 3. The van der Waals surface area contributed by atoms with Crippen LogP contribution in [0.3, 0.4) is 0 Å². The molecule has 0 aromatic heterocycles. The topological polar surface area (TPSA) is 47.6 Å². The lowest BCUT2D eigenvalue weighted by Gasteiger charge is -2.14. The SMILES string of the molecule is COCCOCCCNC(=O)C(F)(F)C(F)F. The molecule has 17 heavy (non-hydrogen) atoms. The highest BCUT2D eigenvalue weighted by molar-refractivity contribution is 5.83. The quantitative estimate of drug-likeness (QED) is 0.498. The van der Waals surface area contributed by atoms with Gasteiger partial charge in [-0.2, -0.15) is 8.78 Å². The predicted molar refractivity (Wildman–Crippen MR) is 51.3 cm³/mol. The third-order valence-electron chi connectivity index (χ3n) is 1.76. The highest BCUT2D eigenvalue weighted by atomic mass is 19.3. The van der Waals surface area contributed by atoms with Crippen molar-refractivity contribution in [2.75, 3.05) is 33.5 Å². The van der Waals surface area contributed by atoms with Crippen LogP contribution >= 0.6 is 0 Å². The summed E-state index contributed by atoms with van der Waals surface area (Å²) in [5, 5.41) is 1.71. The summed E-state index contributed by atoms with van der Waals surface area (Å²) in [5.41, 5.74) is 0. The number of methoxy groups -OCH3 is 1. The van der Waals surface area contributed by atoms with Gasteiger partial charge in [-0.1, -0.05) is 0 Å². The normalized spacial score (nSPS) is 11.9. The van der Waals surface area contributed by atoms with Crippen molar-refractivity contribution in [2.45, 2.75) is 18.8 Å². The lowest BCUT2D eigenvalue weighted by Crippen LogP contribution is -2.45. The second-order valence-corrected chi connectivity index (χ2v) is 3.14. The zero-order valence-electron chi connectivity index (χ0n) is 9.35. The molecule has 0 aliphatic carbocycles. The maximum atomic E-state index is 12.4. The fourth-order valence-corrected chi connectivity index (χ4v) is 0.837. The average Bonchev–Trinajstić information content (AvgIpc) is 2.27. The van der Waals surface area contributed by atoms with Crippen LogP contribution in [-0.4, -0.2) is 51.7 Å². The minimum absolute atomic E-state index is 0.145. The Kier molecular flexibility index (Phi) is 7.81. The molecule has 0 aromatic carbocycles. The molecule has 4 nitrogen and oxygen atoms in total. The van der Waals surface area contributed by atoms with Gasteiger partial charge in [-0.3, -0.25) is 4.79 Å². The number of hydrogen-bond donors (Lipinski definition) is 1. The van der Waals surface area contributed by atoms with Gasteiger partial charge in [0.15, 0.2) is 0 Å². The van der Waals surface area contributed by atoms with Crippen molar-refractivity contribution >= 4 is 5.91 Å². The molecule has 0 heterocycles. The van der Waals surface area contributed by atoms with Crippen molar-refractivity contribution in [1.29, 1.82) is 0 Å². The molecular weight excluding hydrogens is 246 g/mol. The first-order valence-corrected chi connectivity index (χ1v) is 4.94. The van der Waals surface area contributed by atoms with Crippen LogP contribution in [0.15, 0.2) is 0 Å². The number of amides is 1. The Bertz CT molecular complexity index is 226. The van der Waals surface area contributed by atoms with Gasteiger partial charge in [0.25, 0.3) is 5.91 Å². The molecule has 0 aliphatic heterocycles. The Balaban J connectivity index is 3.58. The van der Waals surface area contributed by atoms with Crippen molar-refractivity contribution < 1.29 is 31.8 Å². The van der Waals surface area contributed by atoms with Gasteiger partial charge in [-0.05, 0) is 6.42 Å². The molecule has 0 unspecified atom stereocenters. The molecular formula is C9H15F4NO3. The fourth-order valence-electron chi connectivity index (χ4n) is 0.837. The van der Waals surface area contributed by atoms with Crippen LogP contribution in [0.25, 0.3) is 0 Å². The Morgan fingerprint density at radius 3 is 2.47 bits per heavy atom. The summed E-state index contributed by atoms with van der Waals surface area (Å²) in [4.78, 5) is 10.6. The fraction of sp³-hybridized carbons (Fsp3) is 0.889. The highest BCUT2D eigenvalue weighted by Gasteiger charge is 2.48. The maximum Gasteiger partial charge on any atom is 0.383 e. The lowest BCUT2D eigenvalue weighted by molar-refractivity contribution is -0.169. The number of carbonyl (C=O) groups excluding carboxylic acids is 1. The predicted octanol–water partition coefficient (Wildman–Crippen LogP) is 1.06. The molecule has 0 fully saturated rings. The summed E-state index contributed by atoms with van der Waals surface area (Å²) in [6, 6.07) is 0. The monoisotopic (exact) mass is 261 g/mol. The zero-order valence-corrected chi connectivity index (χ0v) is 9.35. The number of rotatable bonds is 9. The molecule has 0 rings (SSSR count). The molecule has 0 radical (unpaired) electrons. The van der Waals surface area contributed by atoms with Crippen LogP contribution in [0.5, 0.6) is 0 Å². The van der Waals surface area contributed by atoms with E-state index in [4.69, 9.17) is 4.74 Å². The second-order valence-electron chi connectivity index (χ2n) is 3.14.